The second kappa shape index (κ2) is 5.63. The fraction of sp³-hybridized carbons (Fsp3) is 0.286. The highest BCUT2D eigenvalue weighted by atomic mass is 35.5. The molecule has 1 heterocycles. The summed E-state index contributed by atoms with van der Waals surface area (Å²) < 4.78 is 12.9. The van der Waals surface area contributed by atoms with Crippen molar-refractivity contribution in [2.45, 2.75) is 12.5 Å². The number of para-hydroxylation sites is 1. The van der Waals surface area contributed by atoms with Crippen molar-refractivity contribution in [2.24, 2.45) is 0 Å². The lowest BCUT2D eigenvalue weighted by Crippen LogP contribution is -2.43. The maximum atomic E-state index is 12.9. The largest absolute Gasteiger partial charge is 0.328 e. The molecule has 1 aromatic rings. The van der Waals surface area contributed by atoms with Crippen molar-refractivity contribution in [2.75, 3.05) is 18.5 Å². The lowest BCUT2D eigenvalue weighted by Gasteiger charge is -2.23. The van der Waals surface area contributed by atoms with Gasteiger partial charge in [-0.05, 0) is 18.6 Å². The molecule has 0 aliphatic carbocycles. The molecular formula is C14H14ClFN2O2. The van der Waals surface area contributed by atoms with Gasteiger partial charge in [0.15, 0.2) is 5.83 Å². The third-order valence-corrected chi connectivity index (χ3v) is 3.66. The van der Waals surface area contributed by atoms with Crippen LogP contribution in [0, 0.1) is 0 Å². The van der Waals surface area contributed by atoms with Gasteiger partial charge in [-0.25, -0.2) is 4.39 Å². The van der Waals surface area contributed by atoms with E-state index in [0.29, 0.717) is 23.7 Å². The molecule has 0 saturated carbocycles. The molecule has 0 N–H and O–H groups in total. The molecule has 2 rings (SSSR count). The molecule has 106 valence electrons. The van der Waals surface area contributed by atoms with Gasteiger partial charge in [-0.2, -0.15) is 0 Å². The average Bonchev–Trinajstić information content (AvgIpc) is 2.79. The van der Waals surface area contributed by atoms with Crippen LogP contribution in [0.2, 0.25) is 5.02 Å². The molecule has 1 fully saturated rings. The number of rotatable bonds is 3. The molecule has 0 aromatic heterocycles. The first-order valence-corrected chi connectivity index (χ1v) is 6.48. The number of hydrogen-bond acceptors (Lipinski definition) is 2. The maximum Gasteiger partial charge on any atom is 0.282 e. The van der Waals surface area contributed by atoms with Crippen LogP contribution in [0.25, 0.3) is 0 Å². The van der Waals surface area contributed by atoms with E-state index in [1.165, 1.54) is 11.9 Å². The monoisotopic (exact) mass is 296 g/mol. The fourth-order valence-electron chi connectivity index (χ4n) is 2.27. The Hall–Kier alpha value is -1.88. The zero-order valence-corrected chi connectivity index (χ0v) is 11.7. The predicted octanol–water partition coefficient (Wildman–Crippen LogP) is 2.39. The molecule has 1 aliphatic rings. The Kier molecular flexibility index (Phi) is 4.09. The van der Waals surface area contributed by atoms with Gasteiger partial charge in [0.25, 0.3) is 5.91 Å². The van der Waals surface area contributed by atoms with Crippen molar-refractivity contribution >= 4 is 29.1 Å². The molecule has 1 aromatic carbocycles. The number of halogens is 2. The van der Waals surface area contributed by atoms with Crippen molar-refractivity contribution < 1.29 is 14.0 Å². The second-order valence-corrected chi connectivity index (χ2v) is 4.97. The van der Waals surface area contributed by atoms with Crippen molar-refractivity contribution in [3.63, 3.8) is 0 Å². The van der Waals surface area contributed by atoms with Gasteiger partial charge < -0.3 is 9.80 Å². The van der Waals surface area contributed by atoms with Crippen LogP contribution in [0.15, 0.2) is 36.7 Å². The first kappa shape index (κ1) is 14.5. The van der Waals surface area contributed by atoms with Gasteiger partial charge >= 0.3 is 0 Å². The van der Waals surface area contributed by atoms with Crippen molar-refractivity contribution in [3.8, 4) is 0 Å². The number of likely N-dealkylation sites (N-methyl/N-ethyl adjacent to an activating group) is 1. The van der Waals surface area contributed by atoms with Crippen LogP contribution in [0.5, 0.6) is 0 Å². The van der Waals surface area contributed by atoms with Crippen LogP contribution in [0.1, 0.15) is 6.42 Å². The van der Waals surface area contributed by atoms with Crippen LogP contribution in [-0.2, 0) is 9.59 Å². The first-order chi connectivity index (χ1) is 9.43. The third kappa shape index (κ3) is 2.54. The number of anilines is 1. The number of amides is 2. The highest BCUT2D eigenvalue weighted by Crippen LogP contribution is 2.30. The van der Waals surface area contributed by atoms with E-state index >= 15 is 0 Å². The molecule has 6 heteroatoms. The Morgan fingerprint density at radius 3 is 2.75 bits per heavy atom. The van der Waals surface area contributed by atoms with Gasteiger partial charge in [-0.1, -0.05) is 30.3 Å². The van der Waals surface area contributed by atoms with E-state index in [1.807, 2.05) is 0 Å². The van der Waals surface area contributed by atoms with Gasteiger partial charge in [-0.3, -0.25) is 9.59 Å². The molecule has 1 saturated heterocycles. The van der Waals surface area contributed by atoms with E-state index in [0.717, 1.165) is 4.90 Å². The van der Waals surface area contributed by atoms with E-state index in [1.54, 1.807) is 24.3 Å². The summed E-state index contributed by atoms with van der Waals surface area (Å²) in [6.45, 7) is 3.39. The van der Waals surface area contributed by atoms with Crippen LogP contribution in [0.4, 0.5) is 10.1 Å². The Balaban J connectivity index is 2.20. The topological polar surface area (TPSA) is 40.6 Å². The van der Waals surface area contributed by atoms with E-state index in [2.05, 4.69) is 6.58 Å². The molecular weight excluding hydrogens is 283 g/mol. The maximum absolute atomic E-state index is 12.9. The quantitative estimate of drug-likeness (QED) is 0.804. The van der Waals surface area contributed by atoms with Gasteiger partial charge in [0, 0.05) is 13.6 Å². The highest BCUT2D eigenvalue weighted by molar-refractivity contribution is 6.34. The van der Waals surface area contributed by atoms with Gasteiger partial charge in [0.05, 0.1) is 10.7 Å². The van der Waals surface area contributed by atoms with Crippen LogP contribution in [0.3, 0.4) is 0 Å². The second-order valence-electron chi connectivity index (χ2n) is 4.57. The van der Waals surface area contributed by atoms with Crippen molar-refractivity contribution in [3.05, 3.63) is 41.7 Å². The van der Waals surface area contributed by atoms with Gasteiger partial charge in [0.2, 0.25) is 5.91 Å². The van der Waals surface area contributed by atoms with E-state index in [9.17, 15) is 14.0 Å². The van der Waals surface area contributed by atoms with Crippen LogP contribution in [-0.4, -0.2) is 36.3 Å². The lowest BCUT2D eigenvalue weighted by atomic mass is 10.2. The molecule has 1 atom stereocenters. The zero-order chi connectivity index (χ0) is 14.9. The summed E-state index contributed by atoms with van der Waals surface area (Å²) in [4.78, 5) is 26.5. The molecule has 0 spiro atoms. The average molecular weight is 297 g/mol. The minimum atomic E-state index is -1.07. The normalized spacial score (nSPS) is 18.2. The number of nitrogens with zero attached hydrogens (tertiary/aromatic N) is 2. The lowest BCUT2D eigenvalue weighted by molar-refractivity contribution is -0.134. The Morgan fingerprint density at radius 2 is 2.15 bits per heavy atom. The molecule has 0 radical (unpaired) electrons. The summed E-state index contributed by atoms with van der Waals surface area (Å²) in [5.74, 6) is -2.21. The van der Waals surface area contributed by atoms with Gasteiger partial charge in [-0.15, -0.1) is 0 Å². The minimum absolute atomic E-state index is 0.268. The smallest absolute Gasteiger partial charge is 0.282 e. The van der Waals surface area contributed by atoms with E-state index < -0.39 is 17.8 Å². The fourth-order valence-corrected chi connectivity index (χ4v) is 2.50. The van der Waals surface area contributed by atoms with E-state index in [-0.39, 0.29) is 5.91 Å². The number of carbonyl (C=O) groups is 2. The zero-order valence-electron chi connectivity index (χ0n) is 11.0. The molecule has 1 aliphatic heterocycles. The molecule has 20 heavy (non-hydrogen) atoms. The summed E-state index contributed by atoms with van der Waals surface area (Å²) >= 11 is 6.06. The molecule has 0 bridgehead atoms. The summed E-state index contributed by atoms with van der Waals surface area (Å²) in [7, 11) is 1.39. The molecule has 1 unspecified atom stereocenters. The molecule has 4 nitrogen and oxygen atoms in total. The summed E-state index contributed by atoms with van der Waals surface area (Å²) in [5, 5.41) is 0.463. The minimum Gasteiger partial charge on any atom is -0.328 e. The Morgan fingerprint density at radius 1 is 1.50 bits per heavy atom. The predicted molar refractivity (Wildman–Crippen MR) is 75.2 cm³/mol. The number of carbonyl (C=O) groups excluding carboxylic acids is 2. The third-order valence-electron chi connectivity index (χ3n) is 3.34. The number of hydrogen-bond donors (Lipinski definition) is 0. The van der Waals surface area contributed by atoms with Gasteiger partial charge in [0.1, 0.15) is 6.04 Å². The Labute approximate surface area is 121 Å². The standard InChI is InChI=1S/C14H14ClFN2O2/c1-9(16)13(19)17(2)12-7-8-18(14(12)20)11-6-4-3-5-10(11)15/h3-6,12H,1,7-8H2,2H3. The van der Waals surface area contributed by atoms with E-state index in [4.69, 9.17) is 11.6 Å². The van der Waals surface area contributed by atoms with Crippen LogP contribution >= 0.6 is 11.6 Å². The first-order valence-electron chi connectivity index (χ1n) is 6.11. The SMILES string of the molecule is C=C(F)C(=O)N(C)C1CCN(c2ccccc2Cl)C1=O. The van der Waals surface area contributed by atoms with Crippen LogP contribution < -0.4 is 4.90 Å². The molecule has 2 amide bonds. The highest BCUT2D eigenvalue weighted by Gasteiger charge is 2.38. The van der Waals surface area contributed by atoms with Crippen molar-refractivity contribution in [1.82, 2.24) is 4.90 Å². The summed E-state index contributed by atoms with van der Waals surface area (Å²) in [5.41, 5.74) is 0.599. The Bertz CT molecular complexity index is 576. The van der Waals surface area contributed by atoms with Crippen molar-refractivity contribution in [1.29, 1.82) is 0 Å². The summed E-state index contributed by atoms with van der Waals surface area (Å²) in [6, 6.07) is 6.28. The summed E-state index contributed by atoms with van der Waals surface area (Å²) in [6.07, 6.45) is 0.430. The number of benzene rings is 1.